The molecule has 3 aromatic rings. The molecule has 2 heterocycles. The standard InChI is InChI=1S/C20H12F3N3O4S/c21-20(22,23)15-8-13(26(28)29)2-6-18(15)30-14-3-5-16-11(7-14)1-4-17(25-16)19-24-12(9-27)10-31-19/h1-9,12H,10H2/t12-/m0/s1. The van der Waals surface area contributed by atoms with Gasteiger partial charge in [-0.2, -0.15) is 13.2 Å². The topological polar surface area (TPSA) is 94.7 Å². The highest BCUT2D eigenvalue weighted by Gasteiger charge is 2.36. The lowest BCUT2D eigenvalue weighted by atomic mass is 10.1. The van der Waals surface area contributed by atoms with Crippen LogP contribution >= 0.6 is 11.8 Å². The normalized spacial score (nSPS) is 16.2. The van der Waals surface area contributed by atoms with Crippen molar-refractivity contribution in [2.24, 2.45) is 4.99 Å². The van der Waals surface area contributed by atoms with Crippen molar-refractivity contribution in [3.05, 3.63) is 69.9 Å². The molecule has 158 valence electrons. The van der Waals surface area contributed by atoms with E-state index < -0.39 is 34.1 Å². The number of rotatable bonds is 5. The number of halogens is 3. The summed E-state index contributed by atoms with van der Waals surface area (Å²) in [4.78, 5) is 29.5. The second kappa shape index (κ2) is 7.99. The summed E-state index contributed by atoms with van der Waals surface area (Å²) in [6, 6.07) is 9.92. The van der Waals surface area contributed by atoms with E-state index in [-0.39, 0.29) is 5.75 Å². The van der Waals surface area contributed by atoms with Gasteiger partial charge >= 0.3 is 6.18 Å². The van der Waals surface area contributed by atoms with E-state index in [9.17, 15) is 28.1 Å². The maximum absolute atomic E-state index is 13.3. The number of nitrogens with zero attached hydrogens (tertiary/aromatic N) is 3. The summed E-state index contributed by atoms with van der Waals surface area (Å²) in [5.74, 6) is 0.135. The average Bonchev–Trinajstić information content (AvgIpc) is 3.22. The highest BCUT2D eigenvalue weighted by Crippen LogP contribution is 2.40. The van der Waals surface area contributed by atoms with Gasteiger partial charge in [0.25, 0.3) is 5.69 Å². The third-order valence-electron chi connectivity index (χ3n) is 4.42. The lowest BCUT2D eigenvalue weighted by molar-refractivity contribution is -0.385. The minimum Gasteiger partial charge on any atom is -0.457 e. The SMILES string of the molecule is O=C[C@H]1CSC(c2ccc3cc(Oc4ccc([N+](=O)[O-])cc4C(F)(F)F)ccc3n2)=N1. The number of hydrogen-bond acceptors (Lipinski definition) is 7. The number of ether oxygens (including phenoxy) is 1. The van der Waals surface area contributed by atoms with Gasteiger partial charge in [0.1, 0.15) is 34.4 Å². The van der Waals surface area contributed by atoms with Crippen molar-refractivity contribution in [1.82, 2.24) is 4.98 Å². The summed E-state index contributed by atoms with van der Waals surface area (Å²) in [6.45, 7) is 0. The molecule has 7 nitrogen and oxygen atoms in total. The van der Waals surface area contributed by atoms with Gasteiger partial charge in [-0.1, -0.05) is 6.07 Å². The minimum absolute atomic E-state index is 0.120. The van der Waals surface area contributed by atoms with E-state index in [1.807, 2.05) is 0 Å². The van der Waals surface area contributed by atoms with Crippen LogP contribution in [0.25, 0.3) is 10.9 Å². The summed E-state index contributed by atoms with van der Waals surface area (Å²) in [6.07, 6.45) is -4.05. The first-order valence-electron chi connectivity index (χ1n) is 8.85. The van der Waals surface area contributed by atoms with E-state index in [1.54, 1.807) is 18.2 Å². The second-order valence-corrected chi connectivity index (χ2v) is 7.55. The van der Waals surface area contributed by atoms with E-state index >= 15 is 0 Å². The number of fused-ring (bicyclic) bond motifs is 1. The van der Waals surface area contributed by atoms with Gasteiger partial charge in [0.2, 0.25) is 0 Å². The number of benzene rings is 2. The predicted octanol–water partition coefficient (Wildman–Crippen LogP) is 5.02. The average molecular weight is 447 g/mol. The molecule has 0 spiro atoms. The first-order chi connectivity index (χ1) is 14.7. The summed E-state index contributed by atoms with van der Waals surface area (Å²) in [7, 11) is 0. The molecule has 1 aliphatic rings. The molecule has 2 aromatic carbocycles. The molecule has 0 bridgehead atoms. The largest absolute Gasteiger partial charge is 0.457 e. The molecule has 0 saturated carbocycles. The first-order valence-corrected chi connectivity index (χ1v) is 9.84. The van der Waals surface area contributed by atoms with Crippen LogP contribution in [0.5, 0.6) is 11.5 Å². The number of aromatic nitrogens is 1. The van der Waals surface area contributed by atoms with Crippen molar-refractivity contribution in [3.8, 4) is 11.5 Å². The Morgan fingerprint density at radius 1 is 1.16 bits per heavy atom. The Bertz CT molecular complexity index is 1230. The lowest BCUT2D eigenvalue weighted by Gasteiger charge is -2.14. The Morgan fingerprint density at radius 2 is 1.97 bits per heavy atom. The fraction of sp³-hybridized carbons (Fsp3) is 0.150. The third-order valence-corrected chi connectivity index (χ3v) is 5.51. The zero-order valence-electron chi connectivity index (χ0n) is 15.5. The van der Waals surface area contributed by atoms with Crippen LogP contribution in [-0.2, 0) is 11.0 Å². The molecule has 1 atom stereocenters. The predicted molar refractivity (Wildman–Crippen MR) is 109 cm³/mol. The molecule has 1 aliphatic heterocycles. The molecule has 1 aromatic heterocycles. The lowest BCUT2D eigenvalue weighted by Crippen LogP contribution is -2.08. The van der Waals surface area contributed by atoms with Gasteiger partial charge in [0.05, 0.1) is 16.1 Å². The Kier molecular flexibility index (Phi) is 5.36. The maximum Gasteiger partial charge on any atom is 0.420 e. The molecular weight excluding hydrogens is 435 g/mol. The molecule has 0 N–H and O–H groups in total. The number of thioether (sulfide) groups is 1. The Balaban J connectivity index is 1.65. The van der Waals surface area contributed by atoms with Crippen molar-refractivity contribution in [1.29, 1.82) is 0 Å². The number of non-ortho nitro benzene ring substituents is 1. The molecule has 0 fully saturated rings. The zero-order chi connectivity index (χ0) is 22.2. The Labute approximate surface area is 177 Å². The molecule has 0 radical (unpaired) electrons. The molecule has 0 unspecified atom stereocenters. The Hall–Kier alpha value is -3.47. The van der Waals surface area contributed by atoms with Crippen molar-refractivity contribution < 1.29 is 27.6 Å². The number of aliphatic imine (C=N–C) groups is 1. The van der Waals surface area contributed by atoms with Crippen molar-refractivity contribution >= 4 is 39.7 Å². The van der Waals surface area contributed by atoms with Gasteiger partial charge < -0.3 is 9.53 Å². The fourth-order valence-corrected chi connectivity index (χ4v) is 3.91. The highest BCUT2D eigenvalue weighted by molar-refractivity contribution is 8.14. The summed E-state index contributed by atoms with van der Waals surface area (Å²) < 4.78 is 45.4. The Morgan fingerprint density at radius 3 is 2.65 bits per heavy atom. The van der Waals surface area contributed by atoms with E-state index in [0.717, 1.165) is 18.4 Å². The van der Waals surface area contributed by atoms with Crippen molar-refractivity contribution in [2.45, 2.75) is 12.2 Å². The number of nitro groups is 1. The third kappa shape index (κ3) is 4.36. The van der Waals surface area contributed by atoms with Crippen LogP contribution in [0.1, 0.15) is 11.3 Å². The molecule has 4 rings (SSSR count). The minimum atomic E-state index is -4.83. The first kappa shape index (κ1) is 20.8. The van der Waals surface area contributed by atoms with E-state index in [1.165, 1.54) is 23.9 Å². The van der Waals surface area contributed by atoms with Crippen LogP contribution in [0.3, 0.4) is 0 Å². The van der Waals surface area contributed by atoms with E-state index in [4.69, 9.17) is 4.74 Å². The maximum atomic E-state index is 13.3. The summed E-state index contributed by atoms with van der Waals surface area (Å²) in [5.41, 5.74) is -0.747. The van der Waals surface area contributed by atoms with Crippen LogP contribution in [0, 0.1) is 10.1 Å². The van der Waals surface area contributed by atoms with Crippen LogP contribution in [0.15, 0.2) is 53.5 Å². The molecule has 0 amide bonds. The molecule has 31 heavy (non-hydrogen) atoms. The number of pyridine rings is 1. The highest BCUT2D eigenvalue weighted by atomic mass is 32.2. The van der Waals surface area contributed by atoms with Crippen LogP contribution in [-0.4, -0.2) is 33.0 Å². The molecular formula is C20H12F3N3O4S. The van der Waals surface area contributed by atoms with Gasteiger partial charge in [-0.05, 0) is 30.3 Å². The zero-order valence-corrected chi connectivity index (χ0v) is 16.3. The van der Waals surface area contributed by atoms with Gasteiger partial charge in [0, 0.05) is 23.3 Å². The van der Waals surface area contributed by atoms with Gasteiger partial charge in [-0.3, -0.25) is 15.1 Å². The van der Waals surface area contributed by atoms with Crippen molar-refractivity contribution in [3.63, 3.8) is 0 Å². The van der Waals surface area contributed by atoms with Gasteiger partial charge in [0.15, 0.2) is 0 Å². The summed E-state index contributed by atoms with van der Waals surface area (Å²) >= 11 is 1.43. The van der Waals surface area contributed by atoms with Gasteiger partial charge in [-0.15, -0.1) is 11.8 Å². The molecule has 0 aliphatic carbocycles. The quantitative estimate of drug-likeness (QED) is 0.310. The van der Waals surface area contributed by atoms with Crippen LogP contribution < -0.4 is 4.74 Å². The number of carbonyl (C=O) groups is 1. The molecule has 0 saturated heterocycles. The van der Waals surface area contributed by atoms with Crippen LogP contribution in [0.4, 0.5) is 18.9 Å². The van der Waals surface area contributed by atoms with Crippen molar-refractivity contribution in [2.75, 3.05) is 5.75 Å². The van der Waals surface area contributed by atoms with Gasteiger partial charge in [-0.25, -0.2) is 4.98 Å². The number of nitro benzene ring substituents is 1. The monoisotopic (exact) mass is 447 g/mol. The summed E-state index contributed by atoms with van der Waals surface area (Å²) in [5, 5.41) is 12.1. The van der Waals surface area contributed by atoms with E-state index in [2.05, 4.69) is 9.98 Å². The fourth-order valence-electron chi connectivity index (χ4n) is 2.95. The number of alkyl halides is 3. The second-order valence-electron chi connectivity index (χ2n) is 6.54. The van der Waals surface area contributed by atoms with E-state index in [0.29, 0.717) is 33.5 Å². The number of hydrogen-bond donors (Lipinski definition) is 0. The molecule has 11 heteroatoms. The number of carbonyl (C=O) groups excluding carboxylic acids is 1. The van der Waals surface area contributed by atoms with Crippen LogP contribution in [0.2, 0.25) is 0 Å². The smallest absolute Gasteiger partial charge is 0.420 e. The number of aldehydes is 1.